The van der Waals surface area contributed by atoms with Crippen LogP contribution in [0, 0.1) is 0 Å². The first kappa shape index (κ1) is 15.8. The number of aliphatic hydroxyl groups is 1. The highest BCUT2D eigenvalue weighted by molar-refractivity contribution is 5.31. The van der Waals surface area contributed by atoms with Crippen LogP contribution in [-0.2, 0) is 0 Å². The maximum absolute atomic E-state index is 9.14. The van der Waals surface area contributed by atoms with Crippen LogP contribution in [0.25, 0.3) is 0 Å². The largest absolute Gasteiger partial charge is 0.494 e. The SMILES string of the molecule is CCCOc1ccc(OCCC(CO)NCC)cc1. The highest BCUT2D eigenvalue weighted by Crippen LogP contribution is 2.17. The van der Waals surface area contributed by atoms with Gasteiger partial charge in [-0.1, -0.05) is 13.8 Å². The Hall–Kier alpha value is -1.26. The first-order valence-electron chi connectivity index (χ1n) is 7.00. The van der Waals surface area contributed by atoms with Crippen LogP contribution in [-0.4, -0.2) is 37.5 Å². The second-order valence-electron chi connectivity index (χ2n) is 4.39. The topological polar surface area (TPSA) is 50.7 Å². The number of hydrogen-bond donors (Lipinski definition) is 2. The van der Waals surface area contributed by atoms with Crippen molar-refractivity contribution in [1.29, 1.82) is 0 Å². The second kappa shape index (κ2) is 9.64. The van der Waals surface area contributed by atoms with Crippen LogP contribution in [0.1, 0.15) is 26.7 Å². The summed E-state index contributed by atoms with van der Waals surface area (Å²) in [7, 11) is 0. The monoisotopic (exact) mass is 267 g/mol. The Morgan fingerprint density at radius 1 is 1.05 bits per heavy atom. The van der Waals surface area contributed by atoms with Crippen molar-refractivity contribution in [2.45, 2.75) is 32.7 Å². The van der Waals surface area contributed by atoms with Crippen LogP contribution >= 0.6 is 0 Å². The predicted octanol–water partition coefficient (Wildman–Crippen LogP) is 2.21. The fourth-order valence-electron chi connectivity index (χ4n) is 1.72. The number of rotatable bonds is 10. The third kappa shape index (κ3) is 6.45. The summed E-state index contributed by atoms with van der Waals surface area (Å²) in [6.45, 7) is 6.43. The highest BCUT2D eigenvalue weighted by Gasteiger charge is 2.05. The van der Waals surface area contributed by atoms with Gasteiger partial charge in [-0.2, -0.15) is 0 Å². The van der Waals surface area contributed by atoms with Crippen molar-refractivity contribution in [2.24, 2.45) is 0 Å². The molecule has 0 radical (unpaired) electrons. The second-order valence-corrected chi connectivity index (χ2v) is 4.39. The molecule has 0 aromatic heterocycles. The maximum atomic E-state index is 9.14. The Balaban J connectivity index is 2.29. The Morgan fingerprint density at radius 3 is 2.11 bits per heavy atom. The van der Waals surface area contributed by atoms with Gasteiger partial charge < -0.3 is 19.9 Å². The first-order chi connectivity index (χ1) is 9.30. The molecule has 0 bridgehead atoms. The Labute approximate surface area is 115 Å². The van der Waals surface area contributed by atoms with E-state index >= 15 is 0 Å². The van der Waals surface area contributed by atoms with Gasteiger partial charge in [0.25, 0.3) is 0 Å². The van der Waals surface area contributed by atoms with E-state index in [0.717, 1.165) is 37.5 Å². The summed E-state index contributed by atoms with van der Waals surface area (Å²) in [5.74, 6) is 1.70. The van der Waals surface area contributed by atoms with Gasteiger partial charge in [-0.15, -0.1) is 0 Å². The van der Waals surface area contributed by atoms with Crippen LogP contribution in [0.2, 0.25) is 0 Å². The van der Waals surface area contributed by atoms with E-state index in [9.17, 15) is 0 Å². The third-order valence-electron chi connectivity index (χ3n) is 2.74. The molecule has 1 aromatic rings. The average molecular weight is 267 g/mol. The molecule has 0 amide bonds. The molecule has 0 saturated carbocycles. The molecule has 4 nitrogen and oxygen atoms in total. The Morgan fingerprint density at radius 2 is 1.63 bits per heavy atom. The Kier molecular flexibility index (Phi) is 8.02. The Bertz CT molecular complexity index is 327. The molecule has 0 saturated heterocycles. The first-order valence-corrected chi connectivity index (χ1v) is 7.00. The van der Waals surface area contributed by atoms with Gasteiger partial charge in [-0.05, 0) is 43.7 Å². The molecule has 1 atom stereocenters. The molecule has 1 unspecified atom stereocenters. The van der Waals surface area contributed by atoms with Gasteiger partial charge in [0.15, 0.2) is 0 Å². The summed E-state index contributed by atoms with van der Waals surface area (Å²) in [6, 6.07) is 7.76. The molecule has 0 spiro atoms. The van der Waals surface area contributed by atoms with Gasteiger partial charge >= 0.3 is 0 Å². The van der Waals surface area contributed by atoms with Crippen LogP contribution in [0.4, 0.5) is 0 Å². The summed E-state index contributed by atoms with van der Waals surface area (Å²) in [4.78, 5) is 0. The average Bonchev–Trinajstić information content (AvgIpc) is 2.45. The predicted molar refractivity (Wildman–Crippen MR) is 76.9 cm³/mol. The molecule has 1 rings (SSSR count). The molecule has 0 aliphatic carbocycles. The molecule has 4 heteroatoms. The normalized spacial score (nSPS) is 12.2. The quantitative estimate of drug-likeness (QED) is 0.682. The van der Waals surface area contributed by atoms with Gasteiger partial charge in [-0.25, -0.2) is 0 Å². The van der Waals surface area contributed by atoms with Crippen molar-refractivity contribution in [1.82, 2.24) is 5.32 Å². The molecule has 0 heterocycles. The van der Waals surface area contributed by atoms with Gasteiger partial charge in [0.05, 0.1) is 19.8 Å². The van der Waals surface area contributed by atoms with E-state index in [1.54, 1.807) is 0 Å². The van der Waals surface area contributed by atoms with Gasteiger partial charge in [0.2, 0.25) is 0 Å². The van der Waals surface area contributed by atoms with E-state index in [0.29, 0.717) is 6.61 Å². The van der Waals surface area contributed by atoms with E-state index in [4.69, 9.17) is 14.6 Å². The molecule has 2 N–H and O–H groups in total. The van der Waals surface area contributed by atoms with Crippen molar-refractivity contribution in [2.75, 3.05) is 26.4 Å². The summed E-state index contributed by atoms with van der Waals surface area (Å²) < 4.78 is 11.1. The minimum Gasteiger partial charge on any atom is -0.494 e. The number of hydrogen-bond acceptors (Lipinski definition) is 4. The summed E-state index contributed by atoms with van der Waals surface area (Å²) >= 11 is 0. The van der Waals surface area contributed by atoms with E-state index in [1.165, 1.54) is 0 Å². The molecule has 19 heavy (non-hydrogen) atoms. The van der Waals surface area contributed by atoms with E-state index in [1.807, 2.05) is 31.2 Å². The van der Waals surface area contributed by atoms with Crippen molar-refractivity contribution in [3.8, 4) is 11.5 Å². The van der Waals surface area contributed by atoms with Crippen LogP contribution < -0.4 is 14.8 Å². The highest BCUT2D eigenvalue weighted by atomic mass is 16.5. The van der Waals surface area contributed by atoms with Crippen LogP contribution in [0.5, 0.6) is 11.5 Å². The standard InChI is InChI=1S/C15H25NO3/c1-3-10-18-14-5-7-15(8-6-14)19-11-9-13(12-17)16-4-2/h5-8,13,16-17H,3-4,9-12H2,1-2H3. The smallest absolute Gasteiger partial charge is 0.119 e. The number of nitrogens with one attached hydrogen (secondary N) is 1. The molecule has 0 fully saturated rings. The van der Waals surface area contributed by atoms with Crippen molar-refractivity contribution < 1.29 is 14.6 Å². The van der Waals surface area contributed by atoms with Gasteiger partial charge in [-0.3, -0.25) is 0 Å². The zero-order valence-corrected chi connectivity index (χ0v) is 11.9. The lowest BCUT2D eigenvalue weighted by molar-refractivity contribution is 0.210. The van der Waals surface area contributed by atoms with E-state index < -0.39 is 0 Å². The fraction of sp³-hybridized carbons (Fsp3) is 0.600. The zero-order valence-electron chi connectivity index (χ0n) is 11.9. The van der Waals surface area contributed by atoms with E-state index in [-0.39, 0.29) is 12.6 Å². The summed E-state index contributed by atoms with van der Waals surface area (Å²) in [5, 5.41) is 12.3. The lowest BCUT2D eigenvalue weighted by Crippen LogP contribution is -2.33. The molecular weight excluding hydrogens is 242 g/mol. The summed E-state index contributed by atoms with van der Waals surface area (Å²) in [5.41, 5.74) is 0. The molecular formula is C15H25NO3. The fourth-order valence-corrected chi connectivity index (χ4v) is 1.72. The lowest BCUT2D eigenvalue weighted by atomic mass is 10.2. The van der Waals surface area contributed by atoms with Crippen molar-refractivity contribution in [3.05, 3.63) is 24.3 Å². The molecule has 0 aliphatic heterocycles. The number of aliphatic hydroxyl groups excluding tert-OH is 1. The van der Waals surface area contributed by atoms with Crippen molar-refractivity contribution in [3.63, 3.8) is 0 Å². The van der Waals surface area contributed by atoms with Crippen LogP contribution in [0.15, 0.2) is 24.3 Å². The van der Waals surface area contributed by atoms with Gasteiger partial charge in [0.1, 0.15) is 11.5 Å². The number of ether oxygens (including phenoxy) is 2. The molecule has 0 aliphatic rings. The lowest BCUT2D eigenvalue weighted by Gasteiger charge is -2.15. The molecule has 108 valence electrons. The number of benzene rings is 1. The third-order valence-corrected chi connectivity index (χ3v) is 2.74. The van der Waals surface area contributed by atoms with Gasteiger partial charge in [0, 0.05) is 6.04 Å². The minimum atomic E-state index is 0.108. The summed E-state index contributed by atoms with van der Waals surface area (Å²) in [6.07, 6.45) is 1.80. The van der Waals surface area contributed by atoms with E-state index in [2.05, 4.69) is 12.2 Å². The zero-order chi connectivity index (χ0) is 13.9. The minimum absolute atomic E-state index is 0.108. The maximum Gasteiger partial charge on any atom is 0.119 e. The molecule has 1 aromatic carbocycles. The van der Waals surface area contributed by atoms with Crippen LogP contribution in [0.3, 0.4) is 0 Å². The van der Waals surface area contributed by atoms with Crippen molar-refractivity contribution >= 4 is 0 Å². The number of likely N-dealkylation sites (N-methyl/N-ethyl adjacent to an activating group) is 1.